The van der Waals surface area contributed by atoms with Gasteiger partial charge in [0, 0.05) is 8.96 Å². The van der Waals surface area contributed by atoms with Gasteiger partial charge < -0.3 is 9.73 Å². The number of fused-ring (bicyclic) bond motifs is 1. The monoisotopic (exact) mass is 377 g/mol. The fourth-order valence-corrected chi connectivity index (χ4v) is 2.75. The van der Waals surface area contributed by atoms with Gasteiger partial charge in [0.1, 0.15) is 11.3 Å². The van der Waals surface area contributed by atoms with Crippen molar-refractivity contribution >= 4 is 33.6 Å². The summed E-state index contributed by atoms with van der Waals surface area (Å²) in [7, 11) is 0. The van der Waals surface area contributed by atoms with Crippen LogP contribution in [0.5, 0.6) is 0 Å². The Morgan fingerprint density at radius 3 is 2.55 bits per heavy atom. The van der Waals surface area contributed by atoms with Crippen molar-refractivity contribution < 1.29 is 4.42 Å². The lowest BCUT2D eigenvalue weighted by Crippen LogP contribution is -2.21. The van der Waals surface area contributed by atoms with Gasteiger partial charge in [-0.3, -0.25) is 0 Å². The van der Waals surface area contributed by atoms with Crippen molar-refractivity contribution in [2.24, 2.45) is 0 Å². The summed E-state index contributed by atoms with van der Waals surface area (Å²) in [6, 6.07) is 18.9. The van der Waals surface area contributed by atoms with Crippen molar-refractivity contribution in [3.8, 4) is 0 Å². The molecule has 2 aromatic carbocycles. The zero-order chi connectivity index (χ0) is 13.9. The Bertz CT molecular complexity index is 669. The molecule has 1 N–H and O–H groups in total. The van der Waals surface area contributed by atoms with Crippen LogP contribution in [-0.4, -0.2) is 6.54 Å². The molecule has 0 saturated heterocycles. The molecule has 0 spiro atoms. The summed E-state index contributed by atoms with van der Waals surface area (Å²) >= 11 is 2.32. The normalized spacial score (nSPS) is 12.7. The van der Waals surface area contributed by atoms with Crippen molar-refractivity contribution in [1.82, 2.24) is 5.32 Å². The van der Waals surface area contributed by atoms with Gasteiger partial charge in [0.05, 0.1) is 6.04 Å². The predicted octanol–water partition coefficient (Wildman–Crippen LogP) is 4.74. The van der Waals surface area contributed by atoms with Gasteiger partial charge in [-0.25, -0.2) is 0 Å². The van der Waals surface area contributed by atoms with E-state index in [0.29, 0.717) is 0 Å². The Morgan fingerprint density at radius 2 is 1.85 bits per heavy atom. The van der Waals surface area contributed by atoms with Crippen molar-refractivity contribution in [2.75, 3.05) is 6.54 Å². The smallest absolute Gasteiger partial charge is 0.134 e. The first kappa shape index (κ1) is 13.6. The summed E-state index contributed by atoms with van der Waals surface area (Å²) in [5.41, 5.74) is 2.17. The molecular weight excluding hydrogens is 361 g/mol. The molecule has 0 saturated carbocycles. The first-order valence-electron chi connectivity index (χ1n) is 6.75. The fraction of sp³-hybridized carbons (Fsp3) is 0.176. The molecule has 2 nitrogen and oxygen atoms in total. The Labute approximate surface area is 132 Å². The van der Waals surface area contributed by atoms with Crippen LogP contribution < -0.4 is 5.32 Å². The Balaban J connectivity index is 2.03. The minimum atomic E-state index is 0.101. The molecule has 0 aliphatic rings. The largest absolute Gasteiger partial charge is 0.459 e. The van der Waals surface area contributed by atoms with E-state index in [0.717, 1.165) is 23.3 Å². The predicted molar refractivity (Wildman–Crippen MR) is 90.9 cm³/mol. The van der Waals surface area contributed by atoms with E-state index in [-0.39, 0.29) is 6.04 Å². The van der Waals surface area contributed by atoms with Gasteiger partial charge in [0.2, 0.25) is 0 Å². The average Bonchev–Trinajstić information content (AvgIpc) is 2.89. The van der Waals surface area contributed by atoms with E-state index >= 15 is 0 Å². The fourth-order valence-electron chi connectivity index (χ4n) is 2.39. The Morgan fingerprint density at radius 1 is 1.10 bits per heavy atom. The molecule has 1 unspecified atom stereocenters. The van der Waals surface area contributed by atoms with Gasteiger partial charge in [-0.1, -0.05) is 37.3 Å². The minimum absolute atomic E-state index is 0.101. The van der Waals surface area contributed by atoms with Gasteiger partial charge in [-0.15, -0.1) is 0 Å². The highest BCUT2D eigenvalue weighted by Crippen LogP contribution is 2.28. The third kappa shape index (κ3) is 2.74. The SMILES string of the molecule is CCNC(c1ccc(I)cc1)c1cc2ccccc2o1. The number of hydrogen-bond donors (Lipinski definition) is 1. The molecule has 0 fully saturated rings. The van der Waals surface area contributed by atoms with E-state index in [9.17, 15) is 0 Å². The maximum atomic E-state index is 6.00. The highest BCUT2D eigenvalue weighted by atomic mass is 127. The zero-order valence-corrected chi connectivity index (χ0v) is 13.4. The van der Waals surface area contributed by atoms with Crippen LogP contribution >= 0.6 is 22.6 Å². The number of nitrogens with one attached hydrogen (secondary N) is 1. The minimum Gasteiger partial charge on any atom is -0.459 e. The standard InChI is InChI=1S/C17H16INO/c1-2-19-17(12-7-9-14(18)10-8-12)16-11-13-5-3-4-6-15(13)20-16/h3-11,17,19H,2H2,1H3. The van der Waals surface area contributed by atoms with Gasteiger partial charge in [0.15, 0.2) is 0 Å². The lowest BCUT2D eigenvalue weighted by molar-refractivity contribution is 0.477. The topological polar surface area (TPSA) is 25.2 Å². The highest BCUT2D eigenvalue weighted by Gasteiger charge is 2.17. The maximum Gasteiger partial charge on any atom is 0.134 e. The number of para-hydroxylation sites is 1. The molecular formula is C17H16INO. The third-order valence-electron chi connectivity index (χ3n) is 3.34. The van der Waals surface area contributed by atoms with Crippen molar-refractivity contribution in [2.45, 2.75) is 13.0 Å². The average molecular weight is 377 g/mol. The number of rotatable bonds is 4. The molecule has 3 aromatic rings. The van der Waals surface area contributed by atoms with Gasteiger partial charge >= 0.3 is 0 Å². The molecule has 0 aliphatic heterocycles. The van der Waals surface area contributed by atoms with Crippen LogP contribution in [0.1, 0.15) is 24.3 Å². The molecule has 1 heterocycles. The van der Waals surface area contributed by atoms with E-state index in [2.05, 4.69) is 71.2 Å². The molecule has 102 valence electrons. The molecule has 3 heteroatoms. The summed E-state index contributed by atoms with van der Waals surface area (Å²) in [6.07, 6.45) is 0. The molecule has 0 bridgehead atoms. The second-order valence-corrected chi connectivity index (χ2v) is 5.97. The van der Waals surface area contributed by atoms with Gasteiger partial charge in [-0.2, -0.15) is 0 Å². The maximum absolute atomic E-state index is 6.00. The molecule has 3 rings (SSSR count). The summed E-state index contributed by atoms with van der Waals surface area (Å²) < 4.78 is 7.24. The van der Waals surface area contributed by atoms with E-state index < -0.39 is 0 Å². The van der Waals surface area contributed by atoms with Crippen molar-refractivity contribution in [3.63, 3.8) is 0 Å². The number of benzene rings is 2. The quantitative estimate of drug-likeness (QED) is 0.665. The van der Waals surface area contributed by atoms with Crippen LogP contribution in [0.15, 0.2) is 59.0 Å². The third-order valence-corrected chi connectivity index (χ3v) is 4.06. The van der Waals surface area contributed by atoms with Crippen LogP contribution in [-0.2, 0) is 0 Å². The second-order valence-electron chi connectivity index (χ2n) is 4.73. The molecule has 1 atom stereocenters. The van der Waals surface area contributed by atoms with E-state index in [1.165, 1.54) is 9.13 Å². The van der Waals surface area contributed by atoms with Crippen LogP contribution in [0.25, 0.3) is 11.0 Å². The summed E-state index contributed by atoms with van der Waals surface area (Å²) in [6.45, 7) is 3.01. The molecule has 0 amide bonds. The molecule has 20 heavy (non-hydrogen) atoms. The zero-order valence-electron chi connectivity index (χ0n) is 11.3. The van der Waals surface area contributed by atoms with Crippen molar-refractivity contribution in [1.29, 1.82) is 0 Å². The summed E-state index contributed by atoms with van der Waals surface area (Å²) in [5.74, 6) is 0.967. The highest BCUT2D eigenvalue weighted by molar-refractivity contribution is 14.1. The number of furan rings is 1. The molecule has 0 aliphatic carbocycles. The van der Waals surface area contributed by atoms with E-state index in [1.807, 2.05) is 18.2 Å². The first-order valence-corrected chi connectivity index (χ1v) is 7.83. The van der Waals surface area contributed by atoms with E-state index in [4.69, 9.17) is 4.42 Å². The molecule has 0 radical (unpaired) electrons. The van der Waals surface area contributed by atoms with Crippen LogP contribution in [0.3, 0.4) is 0 Å². The van der Waals surface area contributed by atoms with Crippen LogP contribution in [0.2, 0.25) is 0 Å². The number of hydrogen-bond acceptors (Lipinski definition) is 2. The van der Waals surface area contributed by atoms with Crippen LogP contribution in [0, 0.1) is 3.57 Å². The lowest BCUT2D eigenvalue weighted by atomic mass is 10.0. The van der Waals surface area contributed by atoms with E-state index in [1.54, 1.807) is 0 Å². The Hall–Kier alpha value is -1.33. The summed E-state index contributed by atoms with van der Waals surface area (Å²) in [4.78, 5) is 0. The van der Waals surface area contributed by atoms with Crippen LogP contribution in [0.4, 0.5) is 0 Å². The number of halogens is 1. The second kappa shape index (κ2) is 5.97. The Kier molecular flexibility index (Phi) is 4.08. The first-order chi connectivity index (χ1) is 9.78. The summed E-state index contributed by atoms with van der Waals surface area (Å²) in [5, 5.41) is 4.65. The lowest BCUT2D eigenvalue weighted by Gasteiger charge is -2.16. The van der Waals surface area contributed by atoms with Gasteiger partial charge in [-0.05, 0) is 59.0 Å². The van der Waals surface area contributed by atoms with Crippen molar-refractivity contribution in [3.05, 3.63) is 69.5 Å². The molecule has 1 aromatic heterocycles. The van der Waals surface area contributed by atoms with Gasteiger partial charge in [0.25, 0.3) is 0 Å².